The number of amides is 2. The van der Waals surface area contributed by atoms with E-state index in [4.69, 9.17) is 11.6 Å². The van der Waals surface area contributed by atoms with Crippen LogP contribution in [0.2, 0.25) is 5.02 Å². The Hall–Kier alpha value is -2.08. The Morgan fingerprint density at radius 3 is 2.76 bits per heavy atom. The van der Waals surface area contributed by atoms with Crippen LogP contribution >= 0.6 is 11.6 Å². The molecule has 1 heterocycles. The molecule has 1 aromatic carbocycles. The van der Waals surface area contributed by atoms with Crippen LogP contribution in [0.1, 0.15) is 5.56 Å². The summed E-state index contributed by atoms with van der Waals surface area (Å²) in [5.74, 6) is 0. The van der Waals surface area contributed by atoms with E-state index in [-0.39, 0.29) is 0 Å². The number of nitrogens with zero attached hydrogens (tertiary/aromatic N) is 3. The zero-order chi connectivity index (χ0) is 12.3. The fourth-order valence-electron chi connectivity index (χ4n) is 1.25. The highest BCUT2D eigenvalue weighted by molar-refractivity contribution is 6.31. The van der Waals surface area contributed by atoms with E-state index in [0.29, 0.717) is 10.7 Å². The lowest BCUT2D eigenvalue weighted by Gasteiger charge is -2.09. The van der Waals surface area contributed by atoms with E-state index in [0.717, 1.165) is 5.56 Å². The van der Waals surface area contributed by atoms with E-state index in [1.807, 2.05) is 13.0 Å². The first kappa shape index (κ1) is 11.4. The Morgan fingerprint density at radius 1 is 1.35 bits per heavy atom. The average Bonchev–Trinajstić information content (AvgIpc) is 2.76. The summed E-state index contributed by atoms with van der Waals surface area (Å²) in [5.41, 5.74) is 4.10. The van der Waals surface area contributed by atoms with E-state index >= 15 is 0 Å². The second-order valence-electron chi connectivity index (χ2n) is 3.39. The van der Waals surface area contributed by atoms with Crippen molar-refractivity contribution in [3.63, 3.8) is 0 Å². The molecular formula is C10H10ClN5O. The molecule has 0 unspecified atom stereocenters. The van der Waals surface area contributed by atoms with Crippen molar-refractivity contribution in [2.24, 2.45) is 0 Å². The lowest BCUT2D eigenvalue weighted by atomic mass is 10.2. The Balaban J connectivity index is 2.05. The lowest BCUT2D eigenvalue weighted by Crippen LogP contribution is -2.27. The van der Waals surface area contributed by atoms with E-state index in [1.165, 1.54) is 17.3 Å². The van der Waals surface area contributed by atoms with E-state index < -0.39 is 6.03 Å². The van der Waals surface area contributed by atoms with Gasteiger partial charge < -0.3 is 5.32 Å². The molecule has 0 atom stereocenters. The number of aryl methyl sites for hydroxylation is 1. The summed E-state index contributed by atoms with van der Waals surface area (Å²) < 4.78 is 1.34. The van der Waals surface area contributed by atoms with Crippen molar-refractivity contribution in [1.29, 1.82) is 0 Å². The Bertz CT molecular complexity index is 525. The highest BCUT2D eigenvalue weighted by atomic mass is 35.5. The molecule has 7 heteroatoms. The molecule has 0 bridgehead atoms. The third-order valence-corrected chi connectivity index (χ3v) is 2.33. The molecule has 2 N–H and O–H groups in total. The number of anilines is 1. The topological polar surface area (TPSA) is 71.8 Å². The molecule has 0 saturated heterocycles. The molecule has 0 aliphatic heterocycles. The van der Waals surface area contributed by atoms with Crippen LogP contribution in [0.25, 0.3) is 0 Å². The number of rotatable bonds is 2. The normalized spacial score (nSPS) is 10.0. The molecule has 0 aliphatic rings. The third-order valence-electron chi connectivity index (χ3n) is 2.10. The van der Waals surface area contributed by atoms with Gasteiger partial charge in [0.2, 0.25) is 0 Å². The van der Waals surface area contributed by atoms with Gasteiger partial charge in [0.1, 0.15) is 12.7 Å². The number of aromatic nitrogens is 3. The van der Waals surface area contributed by atoms with Gasteiger partial charge in [-0.2, -0.15) is 0 Å². The first-order valence-corrected chi connectivity index (χ1v) is 5.22. The molecule has 6 nitrogen and oxygen atoms in total. The van der Waals surface area contributed by atoms with Gasteiger partial charge in [-0.25, -0.2) is 14.9 Å². The second kappa shape index (κ2) is 4.84. The quantitative estimate of drug-likeness (QED) is 0.858. The summed E-state index contributed by atoms with van der Waals surface area (Å²) >= 11 is 5.85. The van der Waals surface area contributed by atoms with Crippen molar-refractivity contribution >= 4 is 23.3 Å². The monoisotopic (exact) mass is 251 g/mol. The molecule has 0 radical (unpaired) electrons. The van der Waals surface area contributed by atoms with Crippen LogP contribution in [0.4, 0.5) is 10.5 Å². The van der Waals surface area contributed by atoms with Gasteiger partial charge in [-0.1, -0.05) is 17.7 Å². The molecule has 2 amide bonds. The van der Waals surface area contributed by atoms with Gasteiger partial charge in [-0.05, 0) is 24.6 Å². The summed E-state index contributed by atoms with van der Waals surface area (Å²) in [6.45, 7) is 1.88. The zero-order valence-electron chi connectivity index (χ0n) is 9.01. The number of carbonyl (C=O) groups excluding carboxylic acids is 1. The fraction of sp³-hybridized carbons (Fsp3) is 0.100. The van der Waals surface area contributed by atoms with Gasteiger partial charge in [0.25, 0.3) is 0 Å². The second-order valence-corrected chi connectivity index (χ2v) is 3.83. The molecule has 0 spiro atoms. The molecule has 17 heavy (non-hydrogen) atoms. The average molecular weight is 252 g/mol. The summed E-state index contributed by atoms with van der Waals surface area (Å²) in [6, 6.07) is 4.88. The molecule has 1 aromatic heterocycles. The summed E-state index contributed by atoms with van der Waals surface area (Å²) in [5, 5.41) is 10.4. The number of halogens is 1. The van der Waals surface area contributed by atoms with Gasteiger partial charge in [0, 0.05) is 10.7 Å². The number of carbonyl (C=O) groups is 1. The predicted octanol–water partition coefficient (Wildman–Crippen LogP) is 2.02. The van der Waals surface area contributed by atoms with E-state index in [9.17, 15) is 4.79 Å². The third kappa shape index (κ3) is 2.94. The van der Waals surface area contributed by atoms with Crippen molar-refractivity contribution in [1.82, 2.24) is 14.9 Å². The maximum absolute atomic E-state index is 11.6. The van der Waals surface area contributed by atoms with Gasteiger partial charge >= 0.3 is 6.03 Å². The van der Waals surface area contributed by atoms with Crippen LogP contribution in [0.3, 0.4) is 0 Å². The predicted molar refractivity (Wildman–Crippen MR) is 64.6 cm³/mol. The Labute approximate surface area is 103 Å². The van der Waals surface area contributed by atoms with E-state index in [2.05, 4.69) is 20.9 Å². The van der Waals surface area contributed by atoms with Crippen molar-refractivity contribution in [3.05, 3.63) is 41.4 Å². The van der Waals surface area contributed by atoms with Crippen LogP contribution in [-0.2, 0) is 0 Å². The molecular weight excluding hydrogens is 242 g/mol. The minimum Gasteiger partial charge on any atom is -0.306 e. The minimum absolute atomic E-state index is 0.393. The smallest absolute Gasteiger partial charge is 0.306 e. The molecule has 0 fully saturated rings. The van der Waals surface area contributed by atoms with Gasteiger partial charge in [0.05, 0.1) is 0 Å². The van der Waals surface area contributed by atoms with Crippen molar-refractivity contribution in [2.45, 2.75) is 6.92 Å². The summed E-state index contributed by atoms with van der Waals surface area (Å²) in [7, 11) is 0. The van der Waals surface area contributed by atoms with Crippen LogP contribution in [0.15, 0.2) is 30.9 Å². The lowest BCUT2D eigenvalue weighted by molar-refractivity contribution is 0.259. The summed E-state index contributed by atoms with van der Waals surface area (Å²) in [4.78, 5) is 11.6. The number of hydrogen-bond acceptors (Lipinski definition) is 3. The first-order valence-electron chi connectivity index (χ1n) is 4.84. The Morgan fingerprint density at radius 2 is 2.06 bits per heavy atom. The van der Waals surface area contributed by atoms with Gasteiger partial charge in [-0.3, -0.25) is 0 Å². The summed E-state index contributed by atoms with van der Waals surface area (Å²) in [6.07, 6.45) is 2.76. The number of benzene rings is 1. The standard InChI is InChI=1S/C10H10ClN5O/c1-7-2-3-8(11)4-9(7)14-10(17)15-16-5-12-13-6-16/h2-6H,1H3,(H2,14,15,17). The highest BCUT2D eigenvalue weighted by Crippen LogP contribution is 2.19. The number of urea groups is 1. The Kier molecular flexibility index (Phi) is 3.24. The molecule has 0 saturated carbocycles. The SMILES string of the molecule is Cc1ccc(Cl)cc1NC(=O)Nn1cnnc1. The maximum atomic E-state index is 11.6. The highest BCUT2D eigenvalue weighted by Gasteiger charge is 2.05. The maximum Gasteiger partial charge on any atom is 0.338 e. The van der Waals surface area contributed by atoms with Crippen molar-refractivity contribution < 1.29 is 4.79 Å². The molecule has 2 aromatic rings. The van der Waals surface area contributed by atoms with Crippen molar-refractivity contribution in [3.8, 4) is 0 Å². The van der Waals surface area contributed by atoms with Crippen LogP contribution in [0.5, 0.6) is 0 Å². The molecule has 2 rings (SSSR count). The first-order chi connectivity index (χ1) is 8.15. The molecule has 0 aliphatic carbocycles. The number of nitrogens with one attached hydrogen (secondary N) is 2. The van der Waals surface area contributed by atoms with E-state index in [1.54, 1.807) is 12.1 Å². The fourth-order valence-corrected chi connectivity index (χ4v) is 1.43. The van der Waals surface area contributed by atoms with Crippen LogP contribution in [-0.4, -0.2) is 20.9 Å². The number of hydrogen-bond donors (Lipinski definition) is 2. The van der Waals surface area contributed by atoms with Crippen LogP contribution in [0, 0.1) is 6.92 Å². The minimum atomic E-state index is -0.393. The van der Waals surface area contributed by atoms with Crippen LogP contribution < -0.4 is 10.7 Å². The zero-order valence-corrected chi connectivity index (χ0v) is 9.77. The van der Waals surface area contributed by atoms with Crippen molar-refractivity contribution in [2.75, 3.05) is 10.7 Å². The van der Waals surface area contributed by atoms with Gasteiger partial charge in [-0.15, -0.1) is 10.2 Å². The largest absolute Gasteiger partial charge is 0.338 e. The van der Waals surface area contributed by atoms with Gasteiger partial charge in [0.15, 0.2) is 0 Å². The molecule has 88 valence electrons.